The van der Waals surface area contributed by atoms with Crippen molar-refractivity contribution in [2.24, 2.45) is 0 Å². The highest BCUT2D eigenvalue weighted by molar-refractivity contribution is 6.28. The van der Waals surface area contributed by atoms with Crippen LogP contribution in [0.1, 0.15) is 35.9 Å². The molecule has 1 N–H and O–H groups in total. The maximum atomic E-state index is 11.7. The van der Waals surface area contributed by atoms with Gasteiger partial charge in [0, 0.05) is 25.5 Å². The Morgan fingerprint density at radius 3 is 2.89 bits per heavy atom. The van der Waals surface area contributed by atoms with E-state index in [9.17, 15) is 4.79 Å². The minimum atomic E-state index is -0.238. The van der Waals surface area contributed by atoms with Gasteiger partial charge >= 0.3 is 0 Å². The molecule has 0 aliphatic carbocycles. The highest BCUT2D eigenvalue weighted by Gasteiger charge is 2.08. The van der Waals surface area contributed by atoms with Crippen LogP contribution in [0.15, 0.2) is 6.07 Å². The van der Waals surface area contributed by atoms with E-state index >= 15 is 0 Å². The fourth-order valence-electron chi connectivity index (χ4n) is 1.36. The van der Waals surface area contributed by atoms with E-state index in [4.69, 9.17) is 16.3 Å². The van der Waals surface area contributed by atoms with Crippen LogP contribution in [0.4, 0.5) is 0 Å². The van der Waals surface area contributed by atoms with E-state index in [2.05, 4.69) is 22.2 Å². The number of carbonyl (C=O) groups is 1. The highest BCUT2D eigenvalue weighted by Crippen LogP contribution is 2.04. The quantitative estimate of drug-likeness (QED) is 0.608. The maximum absolute atomic E-state index is 11.7. The molecule has 0 fully saturated rings. The van der Waals surface area contributed by atoms with Gasteiger partial charge < -0.3 is 10.1 Å². The molecule has 18 heavy (non-hydrogen) atoms. The average molecular weight is 272 g/mol. The number of rotatable bonds is 7. The van der Waals surface area contributed by atoms with Crippen molar-refractivity contribution in [3.8, 4) is 0 Å². The summed E-state index contributed by atoms with van der Waals surface area (Å²) in [5, 5.41) is 2.85. The Bertz CT molecular complexity index is 379. The van der Waals surface area contributed by atoms with Crippen LogP contribution in [0.5, 0.6) is 0 Å². The summed E-state index contributed by atoms with van der Waals surface area (Å²) >= 11 is 5.69. The molecule has 0 aliphatic rings. The van der Waals surface area contributed by atoms with Crippen molar-refractivity contribution in [1.82, 2.24) is 15.3 Å². The van der Waals surface area contributed by atoms with Gasteiger partial charge in [-0.2, -0.15) is 0 Å². The number of hydrogen-bond donors (Lipinski definition) is 1. The summed E-state index contributed by atoms with van der Waals surface area (Å²) in [4.78, 5) is 19.5. The molecule has 0 spiro atoms. The lowest BCUT2D eigenvalue weighted by atomic mass is 10.3. The molecule has 0 unspecified atom stereocenters. The molecule has 0 saturated heterocycles. The summed E-state index contributed by atoms with van der Waals surface area (Å²) in [5.41, 5.74) is 0.966. The van der Waals surface area contributed by atoms with Gasteiger partial charge in [-0.05, 0) is 37.4 Å². The largest absolute Gasteiger partial charge is 0.381 e. The van der Waals surface area contributed by atoms with Crippen LogP contribution in [0, 0.1) is 6.92 Å². The molecule has 1 aromatic rings. The number of carbonyl (C=O) groups excluding carboxylic acids is 1. The maximum Gasteiger partial charge on any atom is 0.270 e. The molecule has 0 atom stereocenters. The Morgan fingerprint density at radius 2 is 2.22 bits per heavy atom. The minimum absolute atomic E-state index is 0.0893. The molecule has 0 aromatic carbocycles. The fourth-order valence-corrected chi connectivity index (χ4v) is 1.59. The van der Waals surface area contributed by atoms with Gasteiger partial charge in [0.05, 0.1) is 0 Å². The third-order valence-corrected chi connectivity index (χ3v) is 2.33. The number of ether oxygens (including phenoxy) is 1. The lowest BCUT2D eigenvalue weighted by Crippen LogP contribution is -2.26. The first-order valence-electron chi connectivity index (χ1n) is 6.00. The van der Waals surface area contributed by atoms with Crippen LogP contribution in [-0.2, 0) is 4.74 Å². The van der Waals surface area contributed by atoms with Gasteiger partial charge in [0.15, 0.2) is 0 Å². The van der Waals surface area contributed by atoms with Crippen molar-refractivity contribution < 1.29 is 9.53 Å². The molecule has 5 nitrogen and oxygen atoms in total. The first-order valence-corrected chi connectivity index (χ1v) is 6.38. The van der Waals surface area contributed by atoms with Gasteiger partial charge in [-0.1, -0.05) is 6.92 Å². The third-order valence-electron chi connectivity index (χ3n) is 2.16. The number of nitrogens with one attached hydrogen (secondary N) is 1. The van der Waals surface area contributed by atoms with Crippen LogP contribution in [0.25, 0.3) is 0 Å². The standard InChI is InChI=1S/C12H18ClN3O2/c1-3-6-18-7-4-5-14-11(17)10-8-9(2)15-12(13)16-10/h8H,3-7H2,1-2H3,(H,14,17). The van der Waals surface area contributed by atoms with Crippen molar-refractivity contribution in [1.29, 1.82) is 0 Å². The van der Waals surface area contributed by atoms with E-state index in [1.54, 1.807) is 13.0 Å². The van der Waals surface area contributed by atoms with E-state index in [-0.39, 0.29) is 11.2 Å². The number of halogens is 1. The summed E-state index contributed by atoms with van der Waals surface area (Å²) in [6.07, 6.45) is 1.79. The smallest absolute Gasteiger partial charge is 0.270 e. The fraction of sp³-hybridized carbons (Fsp3) is 0.583. The van der Waals surface area contributed by atoms with E-state index in [1.807, 2.05) is 0 Å². The molecule has 1 rings (SSSR count). The Kier molecular flexibility index (Phi) is 6.60. The predicted octanol–water partition coefficient (Wildman–Crippen LogP) is 1.98. The predicted molar refractivity (Wildman–Crippen MR) is 69.8 cm³/mol. The van der Waals surface area contributed by atoms with Crippen molar-refractivity contribution in [2.45, 2.75) is 26.7 Å². The Morgan fingerprint density at radius 1 is 1.44 bits per heavy atom. The molecule has 1 aromatic heterocycles. The molecule has 6 heteroatoms. The topological polar surface area (TPSA) is 64.1 Å². The minimum Gasteiger partial charge on any atom is -0.381 e. The monoisotopic (exact) mass is 271 g/mol. The van der Waals surface area contributed by atoms with Gasteiger partial charge in [0.1, 0.15) is 5.69 Å². The Balaban J connectivity index is 2.32. The van der Waals surface area contributed by atoms with Crippen molar-refractivity contribution in [3.05, 3.63) is 22.7 Å². The van der Waals surface area contributed by atoms with Crippen LogP contribution in [0.3, 0.4) is 0 Å². The molecule has 0 saturated carbocycles. The molecular weight excluding hydrogens is 254 g/mol. The Hall–Kier alpha value is -1.20. The van der Waals surface area contributed by atoms with Crippen molar-refractivity contribution in [2.75, 3.05) is 19.8 Å². The zero-order chi connectivity index (χ0) is 13.4. The normalized spacial score (nSPS) is 10.4. The first-order chi connectivity index (χ1) is 8.63. The van der Waals surface area contributed by atoms with E-state index in [0.717, 1.165) is 19.4 Å². The van der Waals surface area contributed by atoms with Crippen LogP contribution in [0.2, 0.25) is 5.28 Å². The number of hydrogen-bond acceptors (Lipinski definition) is 4. The summed E-state index contributed by atoms with van der Waals surface area (Å²) in [5.74, 6) is -0.238. The number of amides is 1. The van der Waals surface area contributed by atoms with E-state index in [1.165, 1.54) is 0 Å². The highest BCUT2D eigenvalue weighted by atomic mass is 35.5. The number of nitrogens with zero attached hydrogens (tertiary/aromatic N) is 2. The van der Waals surface area contributed by atoms with Gasteiger partial charge in [-0.15, -0.1) is 0 Å². The molecule has 0 aliphatic heterocycles. The lowest BCUT2D eigenvalue weighted by molar-refractivity contribution is 0.0936. The van der Waals surface area contributed by atoms with Crippen LogP contribution >= 0.6 is 11.6 Å². The SMILES string of the molecule is CCCOCCCNC(=O)c1cc(C)nc(Cl)n1. The molecule has 100 valence electrons. The number of aromatic nitrogens is 2. The molecule has 1 amide bonds. The molecular formula is C12H18ClN3O2. The first kappa shape index (κ1) is 14.9. The van der Waals surface area contributed by atoms with Gasteiger partial charge in [-0.3, -0.25) is 4.79 Å². The lowest BCUT2D eigenvalue weighted by Gasteiger charge is -2.06. The second-order valence-electron chi connectivity index (χ2n) is 3.89. The van der Waals surface area contributed by atoms with E-state index in [0.29, 0.717) is 24.5 Å². The van der Waals surface area contributed by atoms with E-state index < -0.39 is 0 Å². The summed E-state index contributed by atoms with van der Waals surface area (Å²) < 4.78 is 5.31. The zero-order valence-corrected chi connectivity index (χ0v) is 11.5. The third kappa shape index (κ3) is 5.42. The average Bonchev–Trinajstić information content (AvgIpc) is 2.32. The summed E-state index contributed by atoms with van der Waals surface area (Å²) in [6, 6.07) is 1.61. The van der Waals surface area contributed by atoms with Crippen LogP contribution < -0.4 is 5.32 Å². The molecule has 1 heterocycles. The van der Waals surface area contributed by atoms with Gasteiger partial charge in [0.2, 0.25) is 5.28 Å². The number of aryl methyl sites for hydroxylation is 1. The summed E-state index contributed by atoms with van der Waals surface area (Å²) in [7, 11) is 0. The second kappa shape index (κ2) is 8.00. The van der Waals surface area contributed by atoms with Gasteiger partial charge in [-0.25, -0.2) is 9.97 Å². The van der Waals surface area contributed by atoms with Crippen molar-refractivity contribution in [3.63, 3.8) is 0 Å². The van der Waals surface area contributed by atoms with Crippen LogP contribution in [-0.4, -0.2) is 35.6 Å². The van der Waals surface area contributed by atoms with Gasteiger partial charge in [0.25, 0.3) is 5.91 Å². The summed E-state index contributed by atoms with van der Waals surface area (Å²) in [6.45, 7) is 5.79. The molecule has 0 bridgehead atoms. The molecule has 0 radical (unpaired) electrons. The Labute approximate surface area is 112 Å². The zero-order valence-electron chi connectivity index (χ0n) is 10.7. The van der Waals surface area contributed by atoms with Crippen molar-refractivity contribution >= 4 is 17.5 Å². The second-order valence-corrected chi connectivity index (χ2v) is 4.22.